The number of benzene rings is 1. The highest BCUT2D eigenvalue weighted by atomic mass is 19.1. The Morgan fingerprint density at radius 3 is 2.44 bits per heavy atom. The first-order valence-corrected chi connectivity index (χ1v) is 6.19. The molecule has 0 saturated carbocycles. The van der Waals surface area contributed by atoms with E-state index in [1.165, 1.54) is 18.2 Å². The van der Waals surface area contributed by atoms with Crippen LogP contribution in [0.3, 0.4) is 0 Å². The van der Waals surface area contributed by atoms with Crippen molar-refractivity contribution in [2.24, 2.45) is 0 Å². The van der Waals surface area contributed by atoms with Gasteiger partial charge in [0.2, 0.25) is 5.78 Å². The molecular formula is C14H16FNO2. The number of carbonyl (C=O) groups excluding carboxylic acids is 2. The zero-order chi connectivity index (χ0) is 13.1. The first kappa shape index (κ1) is 12.7. The van der Waals surface area contributed by atoms with Gasteiger partial charge in [0, 0.05) is 18.7 Å². The molecular weight excluding hydrogens is 233 g/mol. The second-order valence-electron chi connectivity index (χ2n) is 4.65. The summed E-state index contributed by atoms with van der Waals surface area (Å²) in [6.07, 6.45) is 3.00. The van der Waals surface area contributed by atoms with Crippen LogP contribution in [0.25, 0.3) is 0 Å². The van der Waals surface area contributed by atoms with E-state index in [4.69, 9.17) is 0 Å². The predicted octanol–water partition coefficient (Wildman–Crippen LogP) is 2.33. The van der Waals surface area contributed by atoms with Crippen molar-refractivity contribution in [2.45, 2.75) is 26.2 Å². The first-order chi connectivity index (χ1) is 8.59. The molecule has 1 saturated heterocycles. The highest BCUT2D eigenvalue weighted by molar-refractivity contribution is 6.42. The SMILES string of the molecule is Cc1cc(C(=O)C(=O)N2CCCCC2)ccc1F. The molecule has 1 fully saturated rings. The topological polar surface area (TPSA) is 37.4 Å². The molecule has 0 atom stereocenters. The molecule has 4 heteroatoms. The lowest BCUT2D eigenvalue weighted by atomic mass is 10.0. The summed E-state index contributed by atoms with van der Waals surface area (Å²) in [5, 5.41) is 0. The second kappa shape index (κ2) is 5.29. The predicted molar refractivity (Wildman–Crippen MR) is 65.9 cm³/mol. The van der Waals surface area contributed by atoms with Gasteiger partial charge in [-0.15, -0.1) is 0 Å². The molecule has 0 spiro atoms. The van der Waals surface area contributed by atoms with Crippen LogP contribution in [0.5, 0.6) is 0 Å². The van der Waals surface area contributed by atoms with E-state index in [1.807, 2.05) is 0 Å². The van der Waals surface area contributed by atoms with Crippen LogP contribution in [0.2, 0.25) is 0 Å². The molecule has 2 rings (SSSR count). The molecule has 1 aliphatic heterocycles. The quantitative estimate of drug-likeness (QED) is 0.596. The summed E-state index contributed by atoms with van der Waals surface area (Å²) in [6, 6.07) is 4.03. The summed E-state index contributed by atoms with van der Waals surface area (Å²) in [5.41, 5.74) is 0.650. The Balaban J connectivity index is 2.14. The van der Waals surface area contributed by atoms with Crippen molar-refractivity contribution in [1.82, 2.24) is 4.90 Å². The maximum Gasteiger partial charge on any atom is 0.294 e. The number of hydrogen-bond donors (Lipinski definition) is 0. The van der Waals surface area contributed by atoms with E-state index in [0.29, 0.717) is 18.7 Å². The fourth-order valence-electron chi connectivity index (χ4n) is 2.15. The third kappa shape index (κ3) is 2.58. The van der Waals surface area contributed by atoms with Gasteiger partial charge in [-0.25, -0.2) is 4.39 Å². The van der Waals surface area contributed by atoms with E-state index in [-0.39, 0.29) is 11.4 Å². The number of piperidine rings is 1. The molecule has 0 bridgehead atoms. The van der Waals surface area contributed by atoms with Crippen molar-refractivity contribution >= 4 is 11.7 Å². The summed E-state index contributed by atoms with van der Waals surface area (Å²) in [4.78, 5) is 25.6. The normalized spacial score (nSPS) is 15.6. The molecule has 0 aromatic heterocycles. The van der Waals surface area contributed by atoms with E-state index in [0.717, 1.165) is 19.3 Å². The monoisotopic (exact) mass is 249 g/mol. The Labute approximate surface area is 106 Å². The van der Waals surface area contributed by atoms with Crippen molar-refractivity contribution in [3.8, 4) is 0 Å². The van der Waals surface area contributed by atoms with Gasteiger partial charge in [0.25, 0.3) is 5.91 Å². The number of likely N-dealkylation sites (tertiary alicyclic amines) is 1. The van der Waals surface area contributed by atoms with Gasteiger partial charge in [-0.2, -0.15) is 0 Å². The zero-order valence-corrected chi connectivity index (χ0v) is 10.4. The Bertz CT molecular complexity index is 479. The van der Waals surface area contributed by atoms with Crippen molar-refractivity contribution < 1.29 is 14.0 Å². The fourth-order valence-corrected chi connectivity index (χ4v) is 2.15. The largest absolute Gasteiger partial charge is 0.336 e. The highest BCUT2D eigenvalue weighted by Crippen LogP contribution is 2.14. The molecule has 1 aromatic carbocycles. The standard InChI is InChI=1S/C14H16FNO2/c1-10-9-11(5-6-12(10)15)13(17)14(18)16-7-3-2-4-8-16/h5-6,9H,2-4,7-8H2,1H3. The van der Waals surface area contributed by atoms with Crippen molar-refractivity contribution in [1.29, 1.82) is 0 Å². The number of hydrogen-bond acceptors (Lipinski definition) is 2. The number of amides is 1. The minimum atomic E-state index is -0.542. The van der Waals surface area contributed by atoms with E-state index in [1.54, 1.807) is 11.8 Å². The Morgan fingerprint density at radius 1 is 1.17 bits per heavy atom. The maximum absolute atomic E-state index is 13.1. The van der Waals surface area contributed by atoms with Crippen LogP contribution in [0.1, 0.15) is 35.2 Å². The smallest absolute Gasteiger partial charge is 0.294 e. The second-order valence-corrected chi connectivity index (χ2v) is 4.65. The fraction of sp³-hybridized carbons (Fsp3) is 0.429. The highest BCUT2D eigenvalue weighted by Gasteiger charge is 2.24. The lowest BCUT2D eigenvalue weighted by Gasteiger charge is -2.25. The van der Waals surface area contributed by atoms with Crippen LogP contribution in [-0.2, 0) is 4.79 Å². The van der Waals surface area contributed by atoms with E-state index < -0.39 is 11.7 Å². The van der Waals surface area contributed by atoms with Crippen LogP contribution < -0.4 is 0 Å². The molecule has 0 unspecified atom stereocenters. The minimum absolute atomic E-state index is 0.268. The third-order valence-electron chi connectivity index (χ3n) is 3.26. The molecule has 96 valence electrons. The molecule has 3 nitrogen and oxygen atoms in total. The van der Waals surface area contributed by atoms with E-state index >= 15 is 0 Å². The van der Waals surface area contributed by atoms with E-state index in [2.05, 4.69) is 0 Å². The zero-order valence-electron chi connectivity index (χ0n) is 10.4. The van der Waals surface area contributed by atoms with Gasteiger partial charge in [-0.05, 0) is 49.9 Å². The molecule has 0 radical (unpaired) electrons. The third-order valence-corrected chi connectivity index (χ3v) is 3.26. The van der Waals surface area contributed by atoms with Crippen LogP contribution >= 0.6 is 0 Å². The Hall–Kier alpha value is -1.71. The molecule has 1 aliphatic rings. The Morgan fingerprint density at radius 2 is 1.83 bits per heavy atom. The molecule has 0 N–H and O–H groups in total. The summed E-state index contributed by atoms with van der Waals surface area (Å²) >= 11 is 0. The minimum Gasteiger partial charge on any atom is -0.336 e. The van der Waals surface area contributed by atoms with Crippen molar-refractivity contribution in [3.63, 3.8) is 0 Å². The summed E-state index contributed by atoms with van der Waals surface area (Å²) < 4.78 is 13.1. The summed E-state index contributed by atoms with van der Waals surface area (Å²) in [5.74, 6) is -1.38. The molecule has 1 amide bonds. The molecule has 1 heterocycles. The van der Waals surface area contributed by atoms with Crippen LogP contribution in [0, 0.1) is 12.7 Å². The number of ketones is 1. The maximum atomic E-state index is 13.1. The molecule has 18 heavy (non-hydrogen) atoms. The number of aryl methyl sites for hydroxylation is 1. The van der Waals surface area contributed by atoms with Gasteiger partial charge < -0.3 is 4.90 Å². The van der Waals surface area contributed by atoms with Gasteiger partial charge in [0.1, 0.15) is 5.82 Å². The van der Waals surface area contributed by atoms with Crippen LogP contribution in [-0.4, -0.2) is 29.7 Å². The number of carbonyl (C=O) groups is 2. The number of rotatable bonds is 2. The lowest BCUT2D eigenvalue weighted by Crippen LogP contribution is -2.40. The average Bonchev–Trinajstić information content (AvgIpc) is 2.41. The number of halogens is 1. The van der Waals surface area contributed by atoms with Crippen LogP contribution in [0.15, 0.2) is 18.2 Å². The summed E-state index contributed by atoms with van der Waals surface area (Å²) in [6.45, 7) is 2.87. The van der Waals surface area contributed by atoms with Crippen molar-refractivity contribution in [2.75, 3.05) is 13.1 Å². The Kier molecular flexibility index (Phi) is 3.75. The first-order valence-electron chi connectivity index (χ1n) is 6.19. The van der Waals surface area contributed by atoms with Gasteiger partial charge in [-0.3, -0.25) is 9.59 Å². The van der Waals surface area contributed by atoms with E-state index in [9.17, 15) is 14.0 Å². The molecule has 0 aliphatic carbocycles. The van der Waals surface area contributed by atoms with Gasteiger partial charge in [0.05, 0.1) is 0 Å². The summed E-state index contributed by atoms with van der Waals surface area (Å²) in [7, 11) is 0. The van der Waals surface area contributed by atoms with Crippen LogP contribution in [0.4, 0.5) is 4.39 Å². The van der Waals surface area contributed by atoms with Crippen molar-refractivity contribution in [3.05, 3.63) is 35.1 Å². The molecule has 1 aromatic rings. The lowest BCUT2D eigenvalue weighted by molar-refractivity contribution is -0.127. The van der Waals surface area contributed by atoms with Gasteiger partial charge in [0.15, 0.2) is 0 Å². The number of Topliss-reactive ketones (excluding diaryl/α,β-unsaturated/α-hetero) is 1. The van der Waals surface area contributed by atoms with Gasteiger partial charge in [-0.1, -0.05) is 0 Å². The number of nitrogens with zero attached hydrogens (tertiary/aromatic N) is 1. The average molecular weight is 249 g/mol. The van der Waals surface area contributed by atoms with Gasteiger partial charge >= 0.3 is 0 Å².